The predicted octanol–water partition coefficient (Wildman–Crippen LogP) is 3.61. The van der Waals surface area contributed by atoms with Gasteiger partial charge in [0.05, 0.1) is 11.6 Å². The van der Waals surface area contributed by atoms with Crippen molar-refractivity contribution in [2.75, 3.05) is 5.32 Å². The number of nitrogens with one attached hydrogen (secondary N) is 2. The van der Waals surface area contributed by atoms with Crippen LogP contribution in [-0.4, -0.2) is 25.5 Å². The standard InChI is InChI=1S/C17H17F2N5O/c1-9(17(25)21-14-6-12(22-23-14)10-2-3-10)13-8-24-7-11(16(18)19)4-5-15(24)20-13/h4-10,16H,2-3H2,1H3,(H2,21,22,23,25)/t9-/m0/s1. The number of pyridine rings is 1. The number of carbonyl (C=O) groups is 1. The molecule has 0 spiro atoms. The number of hydrogen-bond donors (Lipinski definition) is 2. The van der Waals surface area contributed by atoms with E-state index in [1.807, 2.05) is 6.07 Å². The summed E-state index contributed by atoms with van der Waals surface area (Å²) in [7, 11) is 0. The summed E-state index contributed by atoms with van der Waals surface area (Å²) >= 11 is 0. The van der Waals surface area contributed by atoms with Gasteiger partial charge in [-0.25, -0.2) is 13.8 Å². The third-order valence-corrected chi connectivity index (χ3v) is 4.45. The van der Waals surface area contributed by atoms with Crippen LogP contribution in [0, 0.1) is 0 Å². The Morgan fingerprint density at radius 3 is 2.88 bits per heavy atom. The lowest BCUT2D eigenvalue weighted by Gasteiger charge is -2.07. The summed E-state index contributed by atoms with van der Waals surface area (Å²) in [5.74, 6) is 0.239. The number of carbonyl (C=O) groups excluding carboxylic acids is 1. The van der Waals surface area contributed by atoms with E-state index in [0.29, 0.717) is 23.1 Å². The zero-order chi connectivity index (χ0) is 17.6. The molecule has 0 radical (unpaired) electrons. The normalized spacial score (nSPS) is 15.7. The highest BCUT2D eigenvalue weighted by Gasteiger charge is 2.26. The van der Waals surface area contributed by atoms with Crippen LogP contribution in [0.1, 0.15) is 55.0 Å². The van der Waals surface area contributed by atoms with Crippen LogP contribution in [0.2, 0.25) is 0 Å². The number of anilines is 1. The molecule has 3 aromatic rings. The number of fused-ring (bicyclic) bond motifs is 1. The Morgan fingerprint density at radius 1 is 1.36 bits per heavy atom. The molecule has 4 rings (SSSR count). The first kappa shape index (κ1) is 15.7. The Balaban J connectivity index is 1.51. The predicted molar refractivity (Wildman–Crippen MR) is 87.8 cm³/mol. The van der Waals surface area contributed by atoms with E-state index in [1.165, 1.54) is 22.7 Å². The lowest BCUT2D eigenvalue weighted by molar-refractivity contribution is -0.117. The summed E-state index contributed by atoms with van der Waals surface area (Å²) in [5.41, 5.74) is 1.99. The Labute approximate surface area is 142 Å². The van der Waals surface area contributed by atoms with Crippen molar-refractivity contribution in [3.05, 3.63) is 47.5 Å². The molecule has 1 atom stereocenters. The van der Waals surface area contributed by atoms with E-state index >= 15 is 0 Å². The van der Waals surface area contributed by atoms with Crippen molar-refractivity contribution in [1.82, 2.24) is 19.6 Å². The molecule has 6 nitrogen and oxygen atoms in total. The van der Waals surface area contributed by atoms with Crippen LogP contribution in [0.15, 0.2) is 30.6 Å². The molecule has 8 heteroatoms. The second-order valence-electron chi connectivity index (χ2n) is 6.39. The summed E-state index contributed by atoms with van der Waals surface area (Å²) in [6.07, 6.45) is 2.68. The molecule has 130 valence electrons. The smallest absolute Gasteiger partial charge is 0.265 e. The van der Waals surface area contributed by atoms with Crippen molar-refractivity contribution in [1.29, 1.82) is 0 Å². The molecule has 1 aliphatic carbocycles. The number of halogens is 2. The third-order valence-electron chi connectivity index (χ3n) is 4.45. The molecular weight excluding hydrogens is 328 g/mol. The van der Waals surface area contributed by atoms with Gasteiger partial charge in [-0.3, -0.25) is 9.89 Å². The van der Waals surface area contributed by atoms with Crippen LogP contribution in [0.5, 0.6) is 0 Å². The molecule has 1 amide bonds. The maximum absolute atomic E-state index is 12.8. The van der Waals surface area contributed by atoms with Crippen LogP contribution in [0.3, 0.4) is 0 Å². The fourth-order valence-electron chi connectivity index (χ4n) is 2.74. The average molecular weight is 345 g/mol. The van der Waals surface area contributed by atoms with E-state index in [4.69, 9.17) is 0 Å². The van der Waals surface area contributed by atoms with Crippen molar-refractivity contribution < 1.29 is 13.6 Å². The van der Waals surface area contributed by atoms with Crippen molar-refractivity contribution in [3.8, 4) is 0 Å². The van der Waals surface area contributed by atoms with Crippen molar-refractivity contribution in [2.24, 2.45) is 0 Å². The molecule has 25 heavy (non-hydrogen) atoms. The summed E-state index contributed by atoms with van der Waals surface area (Å²) in [4.78, 5) is 16.8. The molecule has 3 aromatic heterocycles. The summed E-state index contributed by atoms with van der Waals surface area (Å²) in [5, 5.41) is 9.80. The number of alkyl halides is 2. The molecule has 0 aliphatic heterocycles. The maximum Gasteiger partial charge on any atom is 0.265 e. The van der Waals surface area contributed by atoms with Crippen molar-refractivity contribution in [2.45, 2.75) is 38.0 Å². The van der Waals surface area contributed by atoms with Crippen molar-refractivity contribution in [3.63, 3.8) is 0 Å². The quantitative estimate of drug-likeness (QED) is 0.742. The maximum atomic E-state index is 12.8. The monoisotopic (exact) mass is 345 g/mol. The summed E-state index contributed by atoms with van der Waals surface area (Å²) in [6.45, 7) is 1.72. The zero-order valence-corrected chi connectivity index (χ0v) is 13.5. The first-order valence-electron chi connectivity index (χ1n) is 8.14. The van der Waals surface area contributed by atoms with Crippen LogP contribution in [0.4, 0.5) is 14.6 Å². The highest BCUT2D eigenvalue weighted by molar-refractivity contribution is 5.94. The van der Waals surface area contributed by atoms with Gasteiger partial charge in [0, 0.05) is 35.6 Å². The molecule has 1 saturated carbocycles. The van der Waals surface area contributed by atoms with Crippen molar-refractivity contribution >= 4 is 17.4 Å². The highest BCUT2D eigenvalue weighted by Crippen LogP contribution is 2.39. The third kappa shape index (κ3) is 3.11. The fraction of sp³-hybridized carbons (Fsp3) is 0.353. The number of amides is 1. The van der Waals surface area contributed by atoms with Gasteiger partial charge in [0.25, 0.3) is 6.43 Å². The van der Waals surface area contributed by atoms with Crippen LogP contribution < -0.4 is 5.32 Å². The SMILES string of the molecule is C[C@H](C(=O)Nc1cc(C2CC2)[nH]n1)c1cn2cc(C(F)F)ccc2n1. The van der Waals surface area contributed by atoms with Gasteiger partial charge in [-0.15, -0.1) is 0 Å². The Kier molecular flexibility index (Phi) is 3.74. The Morgan fingerprint density at radius 2 is 2.16 bits per heavy atom. The van der Waals surface area contributed by atoms with E-state index in [0.717, 1.165) is 18.5 Å². The topological polar surface area (TPSA) is 75.1 Å². The highest BCUT2D eigenvalue weighted by atomic mass is 19.3. The van der Waals surface area contributed by atoms with E-state index in [9.17, 15) is 13.6 Å². The number of hydrogen-bond acceptors (Lipinski definition) is 3. The minimum absolute atomic E-state index is 0.0855. The fourth-order valence-corrected chi connectivity index (χ4v) is 2.74. The minimum Gasteiger partial charge on any atom is -0.309 e. The molecule has 0 bridgehead atoms. The number of H-pyrrole nitrogens is 1. The van der Waals surface area contributed by atoms with E-state index < -0.39 is 12.3 Å². The minimum atomic E-state index is -2.55. The van der Waals surface area contributed by atoms with Gasteiger partial charge < -0.3 is 9.72 Å². The number of aromatic nitrogens is 4. The summed E-state index contributed by atoms with van der Waals surface area (Å²) < 4.78 is 27.1. The number of aromatic amines is 1. The first-order chi connectivity index (χ1) is 12.0. The largest absolute Gasteiger partial charge is 0.309 e. The van der Waals surface area contributed by atoms with Gasteiger partial charge in [-0.1, -0.05) is 0 Å². The lowest BCUT2D eigenvalue weighted by atomic mass is 10.1. The molecule has 0 unspecified atom stereocenters. The molecule has 0 saturated heterocycles. The zero-order valence-electron chi connectivity index (χ0n) is 13.5. The molecule has 0 aromatic carbocycles. The lowest BCUT2D eigenvalue weighted by Crippen LogP contribution is -2.19. The van der Waals surface area contributed by atoms with Crippen LogP contribution in [0.25, 0.3) is 5.65 Å². The number of rotatable bonds is 5. The van der Waals surface area contributed by atoms with Gasteiger partial charge in [-0.05, 0) is 31.9 Å². The second-order valence-corrected chi connectivity index (χ2v) is 6.39. The van der Waals surface area contributed by atoms with Gasteiger partial charge in [0.15, 0.2) is 5.82 Å². The van der Waals surface area contributed by atoms with E-state index in [-0.39, 0.29) is 11.5 Å². The molecule has 2 N–H and O–H groups in total. The molecular formula is C17H17F2N5O. The van der Waals surface area contributed by atoms with Gasteiger partial charge in [0.2, 0.25) is 5.91 Å². The molecule has 1 aliphatic rings. The Bertz CT molecular complexity index is 928. The van der Waals surface area contributed by atoms with E-state index in [2.05, 4.69) is 20.5 Å². The first-order valence-corrected chi connectivity index (χ1v) is 8.14. The number of imidazole rings is 1. The van der Waals surface area contributed by atoms with Crippen LogP contribution >= 0.6 is 0 Å². The Hall–Kier alpha value is -2.77. The number of nitrogens with zero attached hydrogens (tertiary/aromatic N) is 3. The average Bonchev–Trinajstić information content (AvgIpc) is 3.18. The van der Waals surface area contributed by atoms with Crippen LogP contribution in [-0.2, 0) is 4.79 Å². The molecule has 1 fully saturated rings. The molecule has 3 heterocycles. The van der Waals surface area contributed by atoms with E-state index in [1.54, 1.807) is 13.1 Å². The van der Waals surface area contributed by atoms with Gasteiger partial charge >= 0.3 is 0 Å². The van der Waals surface area contributed by atoms with Gasteiger partial charge in [0.1, 0.15) is 5.65 Å². The van der Waals surface area contributed by atoms with Gasteiger partial charge in [-0.2, -0.15) is 5.10 Å². The second kappa shape index (κ2) is 5.94. The summed E-state index contributed by atoms with van der Waals surface area (Å²) in [6, 6.07) is 4.71.